The lowest BCUT2D eigenvalue weighted by atomic mass is 10.2. The summed E-state index contributed by atoms with van der Waals surface area (Å²) in [5.41, 5.74) is 0.0474. The van der Waals surface area contributed by atoms with Gasteiger partial charge in [-0.05, 0) is 18.2 Å². The highest BCUT2D eigenvalue weighted by Crippen LogP contribution is 2.20. The molecule has 2 rings (SSSR count). The summed E-state index contributed by atoms with van der Waals surface area (Å²) >= 11 is 0. The van der Waals surface area contributed by atoms with Crippen LogP contribution in [-0.4, -0.2) is 24.7 Å². The van der Waals surface area contributed by atoms with Crippen LogP contribution in [0.3, 0.4) is 0 Å². The van der Waals surface area contributed by atoms with Gasteiger partial charge in [-0.15, -0.1) is 0 Å². The summed E-state index contributed by atoms with van der Waals surface area (Å²) in [5, 5.41) is 10.6. The summed E-state index contributed by atoms with van der Waals surface area (Å²) in [6.45, 7) is -0.133. The standard InChI is InChI=1S/C14H13FN2O4S/c1-16(10-11-4-2-3-5-14(11)15)22(20,21)13-8-6-12(7-9-13)17(18)19/h2-9H,10H2,1H3. The van der Waals surface area contributed by atoms with Gasteiger partial charge in [-0.1, -0.05) is 18.2 Å². The molecule has 0 N–H and O–H groups in total. The molecule has 2 aromatic rings. The van der Waals surface area contributed by atoms with Crippen LogP contribution in [0.4, 0.5) is 10.1 Å². The highest BCUT2D eigenvalue weighted by atomic mass is 32.2. The molecule has 0 heterocycles. The first kappa shape index (κ1) is 16.1. The molecule has 0 bridgehead atoms. The lowest BCUT2D eigenvalue weighted by Gasteiger charge is -2.17. The molecule has 0 aliphatic carbocycles. The Labute approximate surface area is 127 Å². The van der Waals surface area contributed by atoms with E-state index in [2.05, 4.69) is 0 Å². The topological polar surface area (TPSA) is 80.5 Å². The van der Waals surface area contributed by atoms with Gasteiger partial charge in [-0.25, -0.2) is 12.8 Å². The van der Waals surface area contributed by atoms with Gasteiger partial charge in [-0.3, -0.25) is 10.1 Å². The normalized spacial score (nSPS) is 11.6. The molecule has 0 radical (unpaired) electrons. The van der Waals surface area contributed by atoms with E-state index in [0.29, 0.717) is 0 Å². The van der Waals surface area contributed by atoms with Crippen molar-refractivity contribution in [3.8, 4) is 0 Å². The van der Waals surface area contributed by atoms with Gasteiger partial charge in [0.2, 0.25) is 10.0 Å². The summed E-state index contributed by atoms with van der Waals surface area (Å²) in [6, 6.07) is 10.4. The summed E-state index contributed by atoms with van der Waals surface area (Å²) in [7, 11) is -2.53. The van der Waals surface area contributed by atoms with Crippen LogP contribution in [0.15, 0.2) is 53.4 Å². The van der Waals surface area contributed by atoms with Crippen LogP contribution in [0.25, 0.3) is 0 Å². The van der Waals surface area contributed by atoms with Crippen LogP contribution < -0.4 is 0 Å². The third kappa shape index (κ3) is 3.29. The van der Waals surface area contributed by atoms with Crippen LogP contribution in [-0.2, 0) is 16.6 Å². The van der Waals surface area contributed by atoms with E-state index in [1.54, 1.807) is 6.07 Å². The molecule has 0 atom stereocenters. The van der Waals surface area contributed by atoms with Gasteiger partial charge >= 0.3 is 0 Å². The van der Waals surface area contributed by atoms with E-state index in [1.165, 1.54) is 25.2 Å². The molecule has 0 aromatic heterocycles. The lowest BCUT2D eigenvalue weighted by molar-refractivity contribution is -0.384. The molecule has 0 aliphatic rings. The fraction of sp³-hybridized carbons (Fsp3) is 0.143. The number of halogens is 1. The number of rotatable bonds is 5. The molecule has 6 nitrogen and oxygen atoms in total. The Bertz CT molecular complexity index is 791. The van der Waals surface area contributed by atoms with Crippen molar-refractivity contribution in [2.24, 2.45) is 0 Å². The van der Waals surface area contributed by atoms with Crippen LogP contribution in [0.1, 0.15) is 5.56 Å². The average Bonchev–Trinajstić information content (AvgIpc) is 2.49. The number of nitro benzene ring substituents is 1. The molecular weight excluding hydrogens is 311 g/mol. The van der Waals surface area contributed by atoms with Gasteiger partial charge in [0.1, 0.15) is 5.82 Å². The molecule has 0 spiro atoms. The molecular formula is C14H13FN2O4S. The minimum atomic E-state index is -3.85. The Kier molecular flexibility index (Phi) is 4.53. The minimum absolute atomic E-state index is 0.0862. The molecule has 0 saturated heterocycles. The highest BCUT2D eigenvalue weighted by molar-refractivity contribution is 7.89. The van der Waals surface area contributed by atoms with Crippen LogP contribution >= 0.6 is 0 Å². The monoisotopic (exact) mass is 324 g/mol. The molecule has 116 valence electrons. The molecule has 0 fully saturated rings. The summed E-state index contributed by atoms with van der Waals surface area (Å²) in [6.07, 6.45) is 0. The number of hydrogen-bond donors (Lipinski definition) is 0. The van der Waals surface area contributed by atoms with Crippen molar-refractivity contribution in [3.05, 3.63) is 70.0 Å². The largest absolute Gasteiger partial charge is 0.269 e. The maximum Gasteiger partial charge on any atom is 0.269 e. The summed E-state index contributed by atoms with van der Waals surface area (Å²) in [4.78, 5) is 9.88. The van der Waals surface area contributed by atoms with Crippen molar-refractivity contribution < 1.29 is 17.7 Å². The number of hydrogen-bond acceptors (Lipinski definition) is 4. The molecule has 0 amide bonds. The smallest absolute Gasteiger partial charge is 0.258 e. The summed E-state index contributed by atoms with van der Waals surface area (Å²) in [5.74, 6) is -0.492. The molecule has 2 aromatic carbocycles. The minimum Gasteiger partial charge on any atom is -0.258 e. The van der Waals surface area contributed by atoms with Gasteiger partial charge in [0.05, 0.1) is 9.82 Å². The Morgan fingerprint density at radius 1 is 1.14 bits per heavy atom. The molecule has 0 saturated carbocycles. The zero-order valence-corrected chi connectivity index (χ0v) is 12.5. The highest BCUT2D eigenvalue weighted by Gasteiger charge is 2.22. The molecule has 0 aliphatic heterocycles. The van der Waals surface area contributed by atoms with Gasteiger partial charge in [0.25, 0.3) is 5.69 Å². The fourth-order valence-corrected chi connectivity index (χ4v) is 3.02. The summed E-state index contributed by atoms with van der Waals surface area (Å²) < 4.78 is 39.3. The Hall–Kier alpha value is -2.32. The average molecular weight is 324 g/mol. The number of non-ortho nitro benzene ring substituents is 1. The molecule has 8 heteroatoms. The maximum absolute atomic E-state index is 13.6. The SMILES string of the molecule is CN(Cc1ccccc1F)S(=O)(=O)c1ccc([N+](=O)[O-])cc1. The van der Waals surface area contributed by atoms with Gasteiger partial charge in [0, 0.05) is 31.3 Å². The zero-order chi connectivity index (χ0) is 16.3. The lowest BCUT2D eigenvalue weighted by Crippen LogP contribution is -2.26. The Morgan fingerprint density at radius 2 is 1.73 bits per heavy atom. The Morgan fingerprint density at radius 3 is 2.27 bits per heavy atom. The van der Waals surface area contributed by atoms with E-state index in [0.717, 1.165) is 28.6 Å². The quantitative estimate of drug-likeness (QED) is 0.625. The van der Waals surface area contributed by atoms with Crippen molar-refractivity contribution >= 4 is 15.7 Å². The third-order valence-corrected chi connectivity index (χ3v) is 4.92. The molecule has 22 heavy (non-hydrogen) atoms. The predicted octanol–water partition coefficient (Wildman–Crippen LogP) is 2.55. The zero-order valence-electron chi connectivity index (χ0n) is 11.6. The molecule has 0 unspecified atom stereocenters. The second-order valence-electron chi connectivity index (χ2n) is 4.60. The predicted molar refractivity (Wildman–Crippen MR) is 78.1 cm³/mol. The first-order valence-corrected chi connectivity index (χ1v) is 7.70. The number of nitro groups is 1. The van der Waals surface area contributed by atoms with Gasteiger partial charge in [0.15, 0.2) is 0 Å². The van der Waals surface area contributed by atoms with E-state index < -0.39 is 20.8 Å². The third-order valence-electron chi connectivity index (χ3n) is 3.11. The number of benzene rings is 2. The first-order chi connectivity index (χ1) is 10.3. The second kappa shape index (κ2) is 6.20. The van der Waals surface area contributed by atoms with E-state index in [9.17, 15) is 22.9 Å². The van der Waals surface area contributed by atoms with E-state index in [1.807, 2.05) is 0 Å². The van der Waals surface area contributed by atoms with Crippen molar-refractivity contribution in [1.29, 1.82) is 0 Å². The number of nitrogens with zero attached hydrogens (tertiary/aromatic N) is 2. The Balaban J connectivity index is 2.26. The van der Waals surface area contributed by atoms with Crippen LogP contribution in [0, 0.1) is 15.9 Å². The number of sulfonamides is 1. The van der Waals surface area contributed by atoms with Crippen molar-refractivity contribution in [2.75, 3.05) is 7.05 Å². The van der Waals surface area contributed by atoms with E-state index >= 15 is 0 Å². The fourth-order valence-electron chi connectivity index (χ4n) is 1.87. The van der Waals surface area contributed by atoms with E-state index in [4.69, 9.17) is 0 Å². The first-order valence-electron chi connectivity index (χ1n) is 6.26. The van der Waals surface area contributed by atoms with E-state index in [-0.39, 0.29) is 22.7 Å². The second-order valence-corrected chi connectivity index (χ2v) is 6.65. The van der Waals surface area contributed by atoms with Crippen LogP contribution in [0.5, 0.6) is 0 Å². The van der Waals surface area contributed by atoms with Crippen molar-refractivity contribution in [1.82, 2.24) is 4.31 Å². The van der Waals surface area contributed by atoms with Gasteiger partial charge in [-0.2, -0.15) is 4.31 Å². The van der Waals surface area contributed by atoms with Crippen molar-refractivity contribution in [2.45, 2.75) is 11.4 Å². The van der Waals surface area contributed by atoms with Crippen LogP contribution in [0.2, 0.25) is 0 Å². The van der Waals surface area contributed by atoms with Gasteiger partial charge < -0.3 is 0 Å². The van der Waals surface area contributed by atoms with Crippen molar-refractivity contribution in [3.63, 3.8) is 0 Å². The maximum atomic E-state index is 13.6.